The van der Waals surface area contributed by atoms with Crippen LogP contribution in [-0.4, -0.2) is 25.7 Å². The Bertz CT molecular complexity index is 702. The molecule has 0 aliphatic heterocycles. The smallest absolute Gasteiger partial charge is 0.226 e. The van der Waals surface area contributed by atoms with Crippen LogP contribution in [0.25, 0.3) is 0 Å². The molecule has 25 heavy (non-hydrogen) atoms. The topological polar surface area (TPSA) is 59.6 Å². The molecule has 2 aromatic carbocycles. The molecule has 0 saturated heterocycles. The van der Waals surface area contributed by atoms with Crippen LogP contribution in [0.3, 0.4) is 0 Å². The standard InChI is InChI=1S/C19H23ClN2O3/c1-13(2)25-16-7-4-14(5-8-16)21-11-10-19(23)22-15-6-9-18(24-3)17(20)12-15/h4-9,12-13,21H,10-11H2,1-3H3,(H,22,23). The van der Waals surface area contributed by atoms with E-state index >= 15 is 0 Å². The van der Waals surface area contributed by atoms with E-state index < -0.39 is 0 Å². The van der Waals surface area contributed by atoms with Crippen LogP contribution in [0.5, 0.6) is 11.5 Å². The average molecular weight is 363 g/mol. The summed E-state index contributed by atoms with van der Waals surface area (Å²) in [7, 11) is 1.55. The minimum Gasteiger partial charge on any atom is -0.495 e. The van der Waals surface area contributed by atoms with Crippen LogP contribution in [0.15, 0.2) is 42.5 Å². The normalized spacial score (nSPS) is 10.4. The predicted molar refractivity (Wildman–Crippen MR) is 102 cm³/mol. The highest BCUT2D eigenvalue weighted by molar-refractivity contribution is 6.32. The van der Waals surface area contributed by atoms with Crippen molar-refractivity contribution in [1.82, 2.24) is 0 Å². The van der Waals surface area contributed by atoms with Crippen molar-refractivity contribution in [3.05, 3.63) is 47.5 Å². The Balaban J connectivity index is 1.77. The first-order valence-electron chi connectivity index (χ1n) is 8.12. The fourth-order valence-electron chi connectivity index (χ4n) is 2.21. The Morgan fingerprint density at radius 2 is 1.80 bits per heavy atom. The summed E-state index contributed by atoms with van der Waals surface area (Å²) in [5, 5.41) is 6.48. The van der Waals surface area contributed by atoms with Gasteiger partial charge in [0.1, 0.15) is 11.5 Å². The third kappa shape index (κ3) is 6.19. The van der Waals surface area contributed by atoms with E-state index in [1.807, 2.05) is 38.1 Å². The zero-order valence-corrected chi connectivity index (χ0v) is 15.4. The first-order chi connectivity index (χ1) is 12.0. The number of carbonyl (C=O) groups is 1. The molecule has 0 fully saturated rings. The molecule has 0 aromatic heterocycles. The van der Waals surface area contributed by atoms with Crippen molar-refractivity contribution in [3.63, 3.8) is 0 Å². The molecule has 1 amide bonds. The van der Waals surface area contributed by atoms with Crippen LogP contribution < -0.4 is 20.1 Å². The van der Waals surface area contributed by atoms with Crippen molar-refractivity contribution in [2.24, 2.45) is 0 Å². The van der Waals surface area contributed by atoms with Gasteiger partial charge in [0.2, 0.25) is 5.91 Å². The van der Waals surface area contributed by atoms with Crippen molar-refractivity contribution < 1.29 is 14.3 Å². The second-order valence-electron chi connectivity index (χ2n) is 5.77. The maximum atomic E-state index is 12.0. The van der Waals surface area contributed by atoms with E-state index in [0.29, 0.717) is 29.4 Å². The van der Waals surface area contributed by atoms with Gasteiger partial charge in [-0.25, -0.2) is 0 Å². The minimum absolute atomic E-state index is 0.0894. The molecule has 0 heterocycles. The molecule has 5 nitrogen and oxygen atoms in total. The van der Waals surface area contributed by atoms with E-state index in [0.717, 1.165) is 11.4 Å². The fraction of sp³-hybridized carbons (Fsp3) is 0.316. The predicted octanol–water partition coefficient (Wildman–Crippen LogP) is 4.58. The number of anilines is 2. The molecule has 2 N–H and O–H groups in total. The quantitative estimate of drug-likeness (QED) is 0.721. The van der Waals surface area contributed by atoms with Crippen LogP contribution in [0, 0.1) is 0 Å². The molecule has 134 valence electrons. The number of hydrogen-bond acceptors (Lipinski definition) is 4. The van der Waals surface area contributed by atoms with Gasteiger partial charge in [0.15, 0.2) is 0 Å². The number of nitrogens with one attached hydrogen (secondary N) is 2. The molecule has 6 heteroatoms. The number of ether oxygens (including phenoxy) is 2. The van der Waals surface area contributed by atoms with Crippen molar-refractivity contribution >= 4 is 28.9 Å². The Morgan fingerprint density at radius 1 is 1.12 bits per heavy atom. The molecule has 0 aliphatic carbocycles. The average Bonchev–Trinajstić information content (AvgIpc) is 2.56. The van der Waals surface area contributed by atoms with Crippen molar-refractivity contribution in [3.8, 4) is 11.5 Å². The lowest BCUT2D eigenvalue weighted by atomic mass is 10.2. The van der Waals surface area contributed by atoms with Crippen LogP contribution in [-0.2, 0) is 4.79 Å². The summed E-state index contributed by atoms with van der Waals surface area (Å²) in [6.45, 7) is 4.50. The lowest BCUT2D eigenvalue weighted by Gasteiger charge is -2.11. The Hall–Kier alpha value is -2.40. The lowest BCUT2D eigenvalue weighted by molar-refractivity contribution is -0.115. The van der Waals surface area contributed by atoms with E-state index in [1.165, 1.54) is 0 Å². The SMILES string of the molecule is COc1ccc(NC(=O)CCNc2ccc(OC(C)C)cc2)cc1Cl. The zero-order valence-electron chi connectivity index (χ0n) is 14.6. The van der Waals surface area contributed by atoms with Gasteiger partial charge in [-0.2, -0.15) is 0 Å². The summed E-state index contributed by atoms with van der Waals surface area (Å²) in [6.07, 6.45) is 0.488. The molecule has 2 aromatic rings. The van der Waals surface area contributed by atoms with Crippen LogP contribution in [0.1, 0.15) is 20.3 Å². The summed E-state index contributed by atoms with van der Waals surface area (Å²) in [5.74, 6) is 1.31. The van der Waals surface area contributed by atoms with E-state index in [4.69, 9.17) is 21.1 Å². The van der Waals surface area contributed by atoms with Gasteiger partial charge in [0.25, 0.3) is 0 Å². The van der Waals surface area contributed by atoms with Crippen molar-refractivity contribution in [2.45, 2.75) is 26.4 Å². The molecular weight excluding hydrogens is 340 g/mol. The number of amides is 1. The number of halogens is 1. The van der Waals surface area contributed by atoms with Crippen LogP contribution in [0.4, 0.5) is 11.4 Å². The van der Waals surface area contributed by atoms with E-state index in [9.17, 15) is 4.79 Å². The molecule has 2 rings (SSSR count). The van der Waals surface area contributed by atoms with E-state index in [1.54, 1.807) is 25.3 Å². The molecule has 0 aliphatic rings. The molecule has 0 atom stereocenters. The number of benzene rings is 2. The monoisotopic (exact) mass is 362 g/mol. The largest absolute Gasteiger partial charge is 0.495 e. The number of carbonyl (C=O) groups excluding carboxylic acids is 1. The first kappa shape index (κ1) is 18.9. The maximum Gasteiger partial charge on any atom is 0.226 e. The lowest BCUT2D eigenvalue weighted by Crippen LogP contribution is -2.16. The number of hydrogen-bond donors (Lipinski definition) is 2. The highest BCUT2D eigenvalue weighted by Crippen LogP contribution is 2.27. The van der Waals surface area contributed by atoms with Crippen molar-refractivity contribution in [1.29, 1.82) is 0 Å². The van der Waals surface area contributed by atoms with Crippen LogP contribution in [0.2, 0.25) is 5.02 Å². The second kappa shape index (κ2) is 9.18. The number of methoxy groups -OCH3 is 1. The van der Waals surface area contributed by atoms with Crippen LogP contribution >= 0.6 is 11.6 Å². The van der Waals surface area contributed by atoms with Gasteiger partial charge in [-0.1, -0.05) is 11.6 Å². The van der Waals surface area contributed by atoms with Crippen molar-refractivity contribution in [2.75, 3.05) is 24.3 Å². The van der Waals surface area contributed by atoms with Gasteiger partial charge >= 0.3 is 0 Å². The van der Waals surface area contributed by atoms with Gasteiger partial charge < -0.3 is 20.1 Å². The highest BCUT2D eigenvalue weighted by Gasteiger charge is 2.06. The summed E-state index contributed by atoms with van der Waals surface area (Å²) < 4.78 is 10.7. The second-order valence-corrected chi connectivity index (χ2v) is 6.17. The maximum absolute atomic E-state index is 12.0. The van der Waals surface area contributed by atoms with Gasteiger partial charge in [-0.05, 0) is 56.3 Å². The fourth-order valence-corrected chi connectivity index (χ4v) is 2.47. The Kier molecular flexibility index (Phi) is 6.95. The molecular formula is C19H23ClN2O3. The summed E-state index contributed by atoms with van der Waals surface area (Å²) in [5.41, 5.74) is 1.59. The van der Waals surface area contributed by atoms with E-state index in [2.05, 4.69) is 10.6 Å². The minimum atomic E-state index is -0.0894. The van der Waals surface area contributed by atoms with Gasteiger partial charge in [0, 0.05) is 24.3 Å². The molecule has 0 radical (unpaired) electrons. The van der Waals surface area contributed by atoms with E-state index in [-0.39, 0.29) is 12.0 Å². The molecule has 0 bridgehead atoms. The summed E-state index contributed by atoms with van der Waals surface area (Å²) in [6, 6.07) is 12.8. The zero-order chi connectivity index (χ0) is 18.2. The highest BCUT2D eigenvalue weighted by atomic mass is 35.5. The van der Waals surface area contributed by atoms with Gasteiger partial charge in [-0.3, -0.25) is 4.79 Å². The van der Waals surface area contributed by atoms with Gasteiger partial charge in [0.05, 0.1) is 18.2 Å². The number of rotatable bonds is 8. The third-order valence-electron chi connectivity index (χ3n) is 3.34. The third-order valence-corrected chi connectivity index (χ3v) is 3.64. The molecule has 0 saturated carbocycles. The Labute approximate surface area is 153 Å². The first-order valence-corrected chi connectivity index (χ1v) is 8.49. The summed E-state index contributed by atoms with van der Waals surface area (Å²) >= 11 is 6.04. The summed E-state index contributed by atoms with van der Waals surface area (Å²) in [4.78, 5) is 12.0. The van der Waals surface area contributed by atoms with Gasteiger partial charge in [-0.15, -0.1) is 0 Å². The molecule has 0 spiro atoms. The molecule has 0 unspecified atom stereocenters. The Morgan fingerprint density at radius 3 is 2.40 bits per heavy atom.